The molecule has 0 aliphatic rings. The largest absolute Gasteiger partial charge is 0.394 e. The molecule has 0 unspecified atom stereocenters. The van der Waals surface area contributed by atoms with Crippen LogP contribution in [0.5, 0.6) is 0 Å². The maximum atomic E-state index is 5.71. The molecule has 0 saturated carbocycles. The van der Waals surface area contributed by atoms with Crippen LogP contribution >= 0.6 is 22.6 Å². The molecule has 0 aromatic carbocycles. The smallest absolute Gasteiger partial charge is 0.322 e. The standard InChI is InChI=1S/C8H19IO2Si/c1-7(2)10-12(6-5-9)11-8(3)4/h7-8,12H,5-6H2,1-4H3. The van der Waals surface area contributed by atoms with Gasteiger partial charge in [-0.3, -0.25) is 0 Å². The van der Waals surface area contributed by atoms with Gasteiger partial charge in [-0.05, 0) is 33.7 Å². The summed E-state index contributed by atoms with van der Waals surface area (Å²) in [6.45, 7) is 8.27. The number of alkyl halides is 1. The van der Waals surface area contributed by atoms with Gasteiger partial charge in [-0.1, -0.05) is 22.6 Å². The maximum Gasteiger partial charge on any atom is 0.322 e. The fourth-order valence-electron chi connectivity index (χ4n) is 0.864. The number of hydrogen-bond donors (Lipinski definition) is 0. The first-order chi connectivity index (χ1) is 5.56. The highest BCUT2D eigenvalue weighted by molar-refractivity contribution is 14.1. The predicted octanol–water partition coefficient (Wildman–Crippen LogP) is 2.49. The van der Waals surface area contributed by atoms with E-state index >= 15 is 0 Å². The molecule has 0 heterocycles. The molecule has 0 aliphatic carbocycles. The lowest BCUT2D eigenvalue weighted by atomic mass is 10.5. The summed E-state index contributed by atoms with van der Waals surface area (Å²) in [4.78, 5) is 0. The van der Waals surface area contributed by atoms with E-state index in [0.29, 0.717) is 12.2 Å². The summed E-state index contributed by atoms with van der Waals surface area (Å²) in [7, 11) is -1.36. The summed E-state index contributed by atoms with van der Waals surface area (Å²) in [6.07, 6.45) is 0.617. The lowest BCUT2D eigenvalue weighted by molar-refractivity contribution is 0.131. The minimum atomic E-state index is -1.36. The van der Waals surface area contributed by atoms with E-state index in [1.165, 1.54) is 0 Å². The summed E-state index contributed by atoms with van der Waals surface area (Å²) in [5.74, 6) is 0. The van der Waals surface area contributed by atoms with Crippen LogP contribution in [0.15, 0.2) is 0 Å². The average molecular weight is 302 g/mol. The van der Waals surface area contributed by atoms with E-state index in [1.54, 1.807) is 0 Å². The first-order valence-corrected chi connectivity index (χ1v) is 7.71. The number of rotatable bonds is 6. The third kappa shape index (κ3) is 7.51. The third-order valence-electron chi connectivity index (χ3n) is 1.19. The highest BCUT2D eigenvalue weighted by Crippen LogP contribution is 2.06. The van der Waals surface area contributed by atoms with Crippen LogP contribution in [-0.4, -0.2) is 25.9 Å². The summed E-state index contributed by atoms with van der Waals surface area (Å²) in [5.41, 5.74) is 0. The Morgan fingerprint density at radius 3 is 1.75 bits per heavy atom. The van der Waals surface area contributed by atoms with E-state index in [1.807, 2.05) is 0 Å². The van der Waals surface area contributed by atoms with E-state index in [2.05, 4.69) is 50.3 Å². The van der Waals surface area contributed by atoms with Gasteiger partial charge in [0.25, 0.3) is 0 Å². The second kappa shape index (κ2) is 7.29. The van der Waals surface area contributed by atoms with Crippen molar-refractivity contribution in [2.75, 3.05) is 4.43 Å². The monoisotopic (exact) mass is 302 g/mol. The van der Waals surface area contributed by atoms with Crippen LogP contribution in [0, 0.1) is 0 Å². The third-order valence-corrected chi connectivity index (χ3v) is 5.45. The van der Waals surface area contributed by atoms with Gasteiger partial charge < -0.3 is 8.85 Å². The lowest BCUT2D eigenvalue weighted by Crippen LogP contribution is -2.29. The van der Waals surface area contributed by atoms with Gasteiger partial charge in [-0.25, -0.2) is 0 Å². The minimum Gasteiger partial charge on any atom is -0.394 e. The molecule has 2 nitrogen and oxygen atoms in total. The van der Waals surface area contributed by atoms with Crippen molar-refractivity contribution in [1.82, 2.24) is 0 Å². The molecule has 0 spiro atoms. The zero-order valence-corrected chi connectivity index (χ0v) is 11.7. The van der Waals surface area contributed by atoms with Crippen molar-refractivity contribution in [2.45, 2.75) is 45.9 Å². The van der Waals surface area contributed by atoms with Crippen LogP contribution in [0.2, 0.25) is 6.04 Å². The molecular weight excluding hydrogens is 283 g/mol. The van der Waals surface area contributed by atoms with Crippen molar-refractivity contribution in [3.63, 3.8) is 0 Å². The predicted molar refractivity (Wildman–Crippen MR) is 63.3 cm³/mol. The first-order valence-electron chi connectivity index (χ1n) is 4.43. The Kier molecular flexibility index (Phi) is 7.81. The van der Waals surface area contributed by atoms with Crippen molar-refractivity contribution in [1.29, 1.82) is 0 Å². The molecule has 0 aromatic rings. The van der Waals surface area contributed by atoms with Crippen molar-refractivity contribution < 1.29 is 8.85 Å². The Hall–Kier alpha value is 0.867. The van der Waals surface area contributed by atoms with Crippen LogP contribution in [0.3, 0.4) is 0 Å². The van der Waals surface area contributed by atoms with Crippen LogP contribution in [0.4, 0.5) is 0 Å². The molecule has 74 valence electrons. The molecule has 4 heteroatoms. The quantitative estimate of drug-likeness (QED) is 0.426. The summed E-state index contributed by atoms with van der Waals surface area (Å²) in [5, 5.41) is 0. The van der Waals surface area contributed by atoms with Crippen LogP contribution in [0.1, 0.15) is 27.7 Å². The Bertz CT molecular complexity index is 99.2. The van der Waals surface area contributed by atoms with Gasteiger partial charge in [0, 0.05) is 16.6 Å². The summed E-state index contributed by atoms with van der Waals surface area (Å²) in [6, 6.07) is 1.11. The summed E-state index contributed by atoms with van der Waals surface area (Å²) >= 11 is 2.37. The zero-order chi connectivity index (χ0) is 9.56. The van der Waals surface area contributed by atoms with Gasteiger partial charge in [0.2, 0.25) is 0 Å². The molecule has 0 bridgehead atoms. The lowest BCUT2D eigenvalue weighted by Gasteiger charge is -2.20. The van der Waals surface area contributed by atoms with Crippen LogP contribution in [0.25, 0.3) is 0 Å². The van der Waals surface area contributed by atoms with Crippen molar-refractivity contribution in [3.05, 3.63) is 0 Å². The first kappa shape index (κ1) is 12.9. The minimum absolute atomic E-state index is 0.309. The van der Waals surface area contributed by atoms with Crippen LogP contribution < -0.4 is 0 Å². The molecule has 0 rings (SSSR count). The Morgan fingerprint density at radius 2 is 1.50 bits per heavy atom. The highest BCUT2D eigenvalue weighted by atomic mass is 127. The van der Waals surface area contributed by atoms with E-state index in [-0.39, 0.29) is 0 Å². The van der Waals surface area contributed by atoms with Gasteiger partial charge in [-0.2, -0.15) is 0 Å². The zero-order valence-electron chi connectivity index (χ0n) is 8.34. The highest BCUT2D eigenvalue weighted by Gasteiger charge is 2.15. The Balaban J connectivity index is 3.69. The molecule has 0 radical (unpaired) electrons. The van der Waals surface area contributed by atoms with Gasteiger partial charge in [0.05, 0.1) is 0 Å². The molecule has 0 N–H and O–H groups in total. The summed E-state index contributed by atoms with van der Waals surface area (Å²) < 4.78 is 12.6. The normalized spacial score (nSPS) is 12.0. The number of hydrogen-bond acceptors (Lipinski definition) is 2. The maximum absolute atomic E-state index is 5.71. The Morgan fingerprint density at radius 1 is 1.08 bits per heavy atom. The van der Waals surface area contributed by atoms with Crippen molar-refractivity contribution >= 4 is 31.9 Å². The molecule has 0 atom stereocenters. The van der Waals surface area contributed by atoms with Crippen molar-refractivity contribution in [3.8, 4) is 0 Å². The fourth-order valence-corrected chi connectivity index (χ4v) is 4.12. The van der Waals surface area contributed by atoms with Gasteiger partial charge >= 0.3 is 9.28 Å². The second-order valence-corrected chi connectivity index (χ2v) is 6.34. The molecule has 0 amide bonds. The SMILES string of the molecule is CC(C)O[SiH](CCI)OC(C)C. The second-order valence-electron chi connectivity index (χ2n) is 3.28. The number of halogens is 1. The van der Waals surface area contributed by atoms with E-state index in [4.69, 9.17) is 8.85 Å². The van der Waals surface area contributed by atoms with Gasteiger partial charge in [0.15, 0.2) is 0 Å². The van der Waals surface area contributed by atoms with E-state index < -0.39 is 9.28 Å². The van der Waals surface area contributed by atoms with Gasteiger partial charge in [-0.15, -0.1) is 0 Å². The van der Waals surface area contributed by atoms with Crippen LogP contribution in [-0.2, 0) is 8.85 Å². The Labute approximate surface area is 91.0 Å². The molecule has 12 heavy (non-hydrogen) atoms. The van der Waals surface area contributed by atoms with Gasteiger partial charge in [0.1, 0.15) is 0 Å². The van der Waals surface area contributed by atoms with Crippen molar-refractivity contribution in [2.24, 2.45) is 0 Å². The molecular formula is C8H19IO2Si. The van der Waals surface area contributed by atoms with E-state index in [0.717, 1.165) is 10.5 Å². The molecule has 0 saturated heterocycles. The average Bonchev–Trinajstić information content (AvgIpc) is 1.84. The fraction of sp³-hybridized carbons (Fsp3) is 1.00. The molecule has 0 aliphatic heterocycles. The van der Waals surface area contributed by atoms with E-state index in [9.17, 15) is 0 Å². The molecule has 0 fully saturated rings. The topological polar surface area (TPSA) is 18.5 Å². The molecule has 0 aromatic heterocycles.